The molecule has 0 aliphatic rings. The molecule has 2 aromatic rings. The predicted octanol–water partition coefficient (Wildman–Crippen LogP) is 0.870. The van der Waals surface area contributed by atoms with Gasteiger partial charge in [0.15, 0.2) is 0 Å². The molecule has 0 unspecified atom stereocenters. The van der Waals surface area contributed by atoms with Gasteiger partial charge in [-0.05, 0) is 18.2 Å². The van der Waals surface area contributed by atoms with Crippen molar-refractivity contribution in [3.63, 3.8) is 0 Å². The number of nitrogens with zero attached hydrogens (tertiary/aromatic N) is 2. The molecule has 15 heavy (non-hydrogen) atoms. The number of furan rings is 1. The molecule has 0 aliphatic heterocycles. The Morgan fingerprint density at radius 3 is 2.80 bits per heavy atom. The Kier molecular flexibility index (Phi) is 2.38. The number of rotatable bonds is 3. The van der Waals surface area contributed by atoms with Gasteiger partial charge in [0.1, 0.15) is 12.1 Å². The Morgan fingerprint density at radius 1 is 1.33 bits per heavy atom. The Hall–Kier alpha value is -1.89. The van der Waals surface area contributed by atoms with E-state index in [2.05, 4.69) is 14.7 Å². The lowest BCUT2D eigenvalue weighted by Gasteiger charge is -2.02. The monoisotopic (exact) mass is 225 g/mol. The molecule has 1 N–H and O–H groups in total. The second-order valence-electron chi connectivity index (χ2n) is 2.63. The van der Waals surface area contributed by atoms with Gasteiger partial charge in [-0.2, -0.15) is 8.42 Å². The standard InChI is InChI=1S/C8H7N3O3S/c12-15(13,8-2-1-5-14-8)11-7-3-4-9-6-10-7/h1-6H,(H,9,10,11). The zero-order valence-electron chi connectivity index (χ0n) is 7.49. The maximum Gasteiger partial charge on any atom is 0.296 e. The smallest absolute Gasteiger partial charge is 0.296 e. The van der Waals surface area contributed by atoms with Gasteiger partial charge in [0, 0.05) is 6.20 Å². The lowest BCUT2D eigenvalue weighted by Crippen LogP contribution is -2.12. The highest BCUT2D eigenvalue weighted by Crippen LogP contribution is 2.13. The Balaban J connectivity index is 2.27. The third-order valence-electron chi connectivity index (χ3n) is 1.58. The third-order valence-corrected chi connectivity index (χ3v) is 2.82. The van der Waals surface area contributed by atoms with E-state index in [-0.39, 0.29) is 10.9 Å². The third kappa shape index (κ3) is 2.13. The average Bonchev–Trinajstić information content (AvgIpc) is 2.71. The molecule has 0 amide bonds. The van der Waals surface area contributed by atoms with Crippen molar-refractivity contribution in [1.82, 2.24) is 9.97 Å². The van der Waals surface area contributed by atoms with Gasteiger partial charge in [-0.15, -0.1) is 0 Å². The molecule has 0 spiro atoms. The second kappa shape index (κ2) is 3.70. The molecular weight excluding hydrogens is 218 g/mol. The molecule has 0 saturated carbocycles. The first-order valence-corrected chi connectivity index (χ1v) is 5.49. The van der Waals surface area contributed by atoms with Crippen molar-refractivity contribution < 1.29 is 12.8 Å². The first kappa shape index (κ1) is 9.66. The normalized spacial score (nSPS) is 11.2. The molecule has 78 valence electrons. The van der Waals surface area contributed by atoms with Gasteiger partial charge in [0.25, 0.3) is 10.0 Å². The molecule has 0 saturated heterocycles. The number of nitrogens with one attached hydrogen (secondary N) is 1. The van der Waals surface area contributed by atoms with Crippen LogP contribution in [0.1, 0.15) is 0 Å². The summed E-state index contributed by atoms with van der Waals surface area (Å²) in [6.45, 7) is 0. The van der Waals surface area contributed by atoms with Gasteiger partial charge in [-0.3, -0.25) is 4.72 Å². The molecule has 6 nitrogen and oxygen atoms in total. The number of sulfonamides is 1. The van der Waals surface area contributed by atoms with Crippen LogP contribution in [0.15, 0.2) is 46.5 Å². The van der Waals surface area contributed by atoms with E-state index in [9.17, 15) is 8.42 Å². The summed E-state index contributed by atoms with van der Waals surface area (Å²) in [6.07, 6.45) is 3.97. The minimum absolute atomic E-state index is 0.152. The van der Waals surface area contributed by atoms with E-state index in [0.29, 0.717) is 0 Å². The summed E-state index contributed by atoms with van der Waals surface area (Å²) in [7, 11) is -3.68. The van der Waals surface area contributed by atoms with Crippen LogP contribution in [0.3, 0.4) is 0 Å². The molecule has 2 heterocycles. The molecule has 2 aromatic heterocycles. The molecule has 7 heteroatoms. The van der Waals surface area contributed by atoms with Crippen LogP contribution in [-0.2, 0) is 10.0 Å². The molecule has 0 bridgehead atoms. The number of hydrogen-bond donors (Lipinski definition) is 1. The second-order valence-corrected chi connectivity index (χ2v) is 4.25. The minimum atomic E-state index is -3.68. The van der Waals surface area contributed by atoms with Crippen molar-refractivity contribution in [1.29, 1.82) is 0 Å². The van der Waals surface area contributed by atoms with Crippen molar-refractivity contribution in [2.24, 2.45) is 0 Å². The van der Waals surface area contributed by atoms with E-state index in [1.54, 1.807) is 0 Å². The molecule has 0 fully saturated rings. The van der Waals surface area contributed by atoms with E-state index in [4.69, 9.17) is 4.42 Å². The summed E-state index contributed by atoms with van der Waals surface area (Å²) in [6, 6.07) is 4.29. The zero-order chi connectivity index (χ0) is 10.7. The van der Waals surface area contributed by atoms with Crippen molar-refractivity contribution in [3.8, 4) is 0 Å². The van der Waals surface area contributed by atoms with Crippen LogP contribution in [0.25, 0.3) is 0 Å². The van der Waals surface area contributed by atoms with Gasteiger partial charge in [-0.25, -0.2) is 9.97 Å². The highest BCUT2D eigenvalue weighted by molar-refractivity contribution is 7.92. The van der Waals surface area contributed by atoms with Crippen LogP contribution < -0.4 is 4.72 Å². The van der Waals surface area contributed by atoms with E-state index in [1.165, 1.54) is 37.0 Å². The predicted molar refractivity (Wildman–Crippen MR) is 51.5 cm³/mol. The fourth-order valence-corrected chi connectivity index (χ4v) is 1.89. The summed E-state index contributed by atoms with van der Waals surface area (Å²) in [5, 5.41) is -0.152. The van der Waals surface area contributed by atoms with Gasteiger partial charge >= 0.3 is 0 Å². The maximum atomic E-state index is 11.6. The summed E-state index contributed by atoms with van der Waals surface area (Å²) in [5.74, 6) is 0.196. The largest absolute Gasteiger partial charge is 0.451 e. The van der Waals surface area contributed by atoms with E-state index < -0.39 is 10.0 Å². The van der Waals surface area contributed by atoms with Crippen LogP contribution in [0.5, 0.6) is 0 Å². The summed E-state index contributed by atoms with van der Waals surface area (Å²) in [4.78, 5) is 7.40. The van der Waals surface area contributed by atoms with Crippen LogP contribution in [0.2, 0.25) is 0 Å². The Bertz CT molecular complexity index is 522. The quantitative estimate of drug-likeness (QED) is 0.837. The number of hydrogen-bond acceptors (Lipinski definition) is 5. The van der Waals surface area contributed by atoms with Crippen LogP contribution >= 0.6 is 0 Å². The first-order valence-electron chi connectivity index (χ1n) is 4.01. The maximum absolute atomic E-state index is 11.6. The van der Waals surface area contributed by atoms with Crippen molar-refractivity contribution in [2.45, 2.75) is 5.09 Å². The lowest BCUT2D eigenvalue weighted by atomic mass is 10.6. The molecule has 0 aliphatic carbocycles. The SMILES string of the molecule is O=S(=O)(Nc1ccncn1)c1ccco1. The molecular formula is C8H7N3O3S. The average molecular weight is 225 g/mol. The fourth-order valence-electron chi connectivity index (χ4n) is 0.955. The molecule has 0 aromatic carbocycles. The molecule has 2 rings (SSSR count). The summed E-state index contributed by atoms with van der Waals surface area (Å²) >= 11 is 0. The van der Waals surface area contributed by atoms with Gasteiger partial charge in [0.05, 0.1) is 6.26 Å². The van der Waals surface area contributed by atoms with E-state index in [0.717, 1.165) is 0 Å². The first-order chi connectivity index (χ1) is 7.18. The Morgan fingerprint density at radius 2 is 2.20 bits per heavy atom. The topological polar surface area (TPSA) is 85.1 Å². The highest BCUT2D eigenvalue weighted by Gasteiger charge is 2.17. The van der Waals surface area contributed by atoms with Crippen molar-refractivity contribution in [3.05, 3.63) is 37.0 Å². The zero-order valence-corrected chi connectivity index (χ0v) is 8.31. The van der Waals surface area contributed by atoms with E-state index >= 15 is 0 Å². The van der Waals surface area contributed by atoms with Crippen LogP contribution in [0.4, 0.5) is 5.82 Å². The number of anilines is 1. The minimum Gasteiger partial charge on any atom is -0.451 e. The van der Waals surface area contributed by atoms with Crippen molar-refractivity contribution in [2.75, 3.05) is 4.72 Å². The summed E-state index contributed by atoms with van der Waals surface area (Å²) in [5.41, 5.74) is 0. The van der Waals surface area contributed by atoms with Crippen molar-refractivity contribution >= 4 is 15.8 Å². The molecule has 0 atom stereocenters. The van der Waals surface area contributed by atoms with Gasteiger partial charge < -0.3 is 4.42 Å². The van der Waals surface area contributed by atoms with Gasteiger partial charge in [0.2, 0.25) is 5.09 Å². The lowest BCUT2D eigenvalue weighted by molar-refractivity contribution is 0.452. The number of aromatic nitrogens is 2. The molecule has 0 radical (unpaired) electrons. The van der Waals surface area contributed by atoms with Crippen LogP contribution in [-0.4, -0.2) is 18.4 Å². The Labute approximate surface area is 86.0 Å². The van der Waals surface area contributed by atoms with E-state index in [1.807, 2.05) is 0 Å². The van der Waals surface area contributed by atoms with Gasteiger partial charge in [-0.1, -0.05) is 0 Å². The van der Waals surface area contributed by atoms with Crippen LogP contribution in [0, 0.1) is 0 Å². The fraction of sp³-hybridized carbons (Fsp3) is 0. The summed E-state index contributed by atoms with van der Waals surface area (Å²) < 4.78 is 30.2. The highest BCUT2D eigenvalue weighted by atomic mass is 32.2.